The molecule has 1 atom stereocenters. The highest BCUT2D eigenvalue weighted by Gasteiger charge is 2.16. The highest BCUT2D eigenvalue weighted by atomic mass is 14.8. The number of allylic oxidation sites excluding steroid dienone is 3. The third kappa shape index (κ3) is 18.0. The quantitative estimate of drug-likeness (QED) is 0.0849. The van der Waals surface area contributed by atoms with Crippen molar-refractivity contribution in [1.29, 1.82) is 0 Å². The van der Waals surface area contributed by atoms with Crippen LogP contribution in [-0.4, -0.2) is 12.3 Å². The molecule has 0 aromatic carbocycles. The zero-order valence-corrected chi connectivity index (χ0v) is 24.1. The first kappa shape index (κ1) is 32.6. The Morgan fingerprint density at radius 1 is 0.706 bits per heavy atom. The van der Waals surface area contributed by atoms with Crippen molar-refractivity contribution in [2.45, 2.75) is 144 Å². The zero-order valence-electron chi connectivity index (χ0n) is 24.1. The van der Waals surface area contributed by atoms with E-state index in [-0.39, 0.29) is 16.9 Å². The van der Waals surface area contributed by atoms with Crippen LogP contribution in [-0.2, 0) is 0 Å². The summed E-state index contributed by atoms with van der Waals surface area (Å²) >= 11 is 0. The first-order valence-electron chi connectivity index (χ1n) is 14.1. The van der Waals surface area contributed by atoms with Gasteiger partial charge in [-0.25, -0.2) is 0 Å². The maximum Gasteiger partial charge on any atom is 0.0674 e. The predicted octanol–water partition coefficient (Wildman–Crippen LogP) is 11.2. The van der Waals surface area contributed by atoms with Gasteiger partial charge in [0.1, 0.15) is 0 Å². The van der Waals surface area contributed by atoms with E-state index in [1.54, 1.807) is 0 Å². The summed E-state index contributed by atoms with van der Waals surface area (Å²) in [4.78, 5) is 4.73. The Bertz CT molecular complexity index is 631. The summed E-state index contributed by atoms with van der Waals surface area (Å²) in [5.41, 5.74) is 4.40. The second kappa shape index (κ2) is 18.0. The van der Waals surface area contributed by atoms with Gasteiger partial charge in [0.15, 0.2) is 0 Å². The van der Waals surface area contributed by atoms with E-state index in [1.165, 1.54) is 87.3 Å². The second-order valence-electron chi connectivity index (χ2n) is 12.0. The van der Waals surface area contributed by atoms with Crippen molar-refractivity contribution < 1.29 is 0 Å². The van der Waals surface area contributed by atoms with Gasteiger partial charge < -0.3 is 0 Å². The van der Waals surface area contributed by atoms with Gasteiger partial charge in [0, 0.05) is 6.21 Å². The molecule has 1 nitrogen and oxygen atoms in total. The SMILES string of the molecule is C=CC(C)(C)CCC(=C)CCCCCCCCCCC(=C)CCC(C)(C)C=NC(C)C(=C)CC. The number of rotatable bonds is 22. The molecule has 0 aromatic rings. The maximum atomic E-state index is 4.73. The molecule has 1 unspecified atom stereocenters. The molecule has 0 aliphatic carbocycles. The number of aliphatic imine (C=N–C) groups is 1. The number of hydrogen-bond donors (Lipinski definition) is 0. The van der Waals surface area contributed by atoms with E-state index < -0.39 is 0 Å². The molecule has 1 heteroatoms. The molecule has 0 saturated heterocycles. The summed E-state index contributed by atoms with van der Waals surface area (Å²) < 4.78 is 0. The molecular weight excluding hydrogens is 410 g/mol. The van der Waals surface area contributed by atoms with Crippen molar-refractivity contribution >= 4 is 6.21 Å². The van der Waals surface area contributed by atoms with Gasteiger partial charge >= 0.3 is 0 Å². The Morgan fingerprint density at radius 2 is 1.12 bits per heavy atom. The van der Waals surface area contributed by atoms with E-state index in [4.69, 9.17) is 4.99 Å². The van der Waals surface area contributed by atoms with Crippen LogP contribution >= 0.6 is 0 Å². The second-order valence-corrected chi connectivity index (χ2v) is 12.0. The van der Waals surface area contributed by atoms with E-state index in [9.17, 15) is 0 Å². The zero-order chi connectivity index (χ0) is 26.0. The Balaban J connectivity index is 3.72. The third-order valence-electron chi connectivity index (χ3n) is 7.30. The average Bonchev–Trinajstić information content (AvgIpc) is 2.80. The van der Waals surface area contributed by atoms with E-state index >= 15 is 0 Å². The van der Waals surface area contributed by atoms with Crippen molar-refractivity contribution in [2.75, 3.05) is 0 Å². The number of unbranched alkanes of at least 4 members (excludes halogenated alkanes) is 7. The van der Waals surface area contributed by atoms with Crippen LogP contribution in [0.3, 0.4) is 0 Å². The third-order valence-corrected chi connectivity index (χ3v) is 7.30. The molecule has 0 radical (unpaired) electrons. The highest BCUT2D eigenvalue weighted by molar-refractivity contribution is 5.65. The fourth-order valence-electron chi connectivity index (χ4n) is 3.94. The van der Waals surface area contributed by atoms with E-state index in [1.807, 2.05) is 0 Å². The first-order chi connectivity index (χ1) is 15.9. The number of hydrogen-bond acceptors (Lipinski definition) is 1. The topological polar surface area (TPSA) is 12.4 Å². The fourth-order valence-corrected chi connectivity index (χ4v) is 3.94. The van der Waals surface area contributed by atoms with Gasteiger partial charge in [-0.05, 0) is 75.5 Å². The average molecular weight is 470 g/mol. The fraction of sp³-hybridized carbons (Fsp3) is 0.727. The molecule has 0 N–H and O–H groups in total. The molecule has 0 aromatic heterocycles. The standard InChI is InChI=1S/C33H59N/c1-11-30(5)31(6)34-27-33(9,10)26-24-29(4)22-20-18-16-14-13-15-17-19-21-28(3)23-25-32(7,8)12-2/h12,27,31H,2-5,11,13-26H2,1,6-10H3. The molecule has 0 aliphatic heterocycles. The summed E-state index contributed by atoms with van der Waals surface area (Å²) in [5.74, 6) is 0. The molecule has 196 valence electrons. The van der Waals surface area contributed by atoms with Gasteiger partial charge in [0.25, 0.3) is 0 Å². The summed E-state index contributed by atoms with van der Waals surface area (Å²) in [7, 11) is 0. The normalized spacial score (nSPS) is 13.2. The maximum absolute atomic E-state index is 4.73. The highest BCUT2D eigenvalue weighted by Crippen LogP contribution is 2.27. The van der Waals surface area contributed by atoms with Crippen LogP contribution < -0.4 is 0 Å². The van der Waals surface area contributed by atoms with Gasteiger partial charge in [-0.15, -0.1) is 6.58 Å². The lowest BCUT2D eigenvalue weighted by Gasteiger charge is -2.21. The Kier molecular flexibility index (Phi) is 17.3. The first-order valence-corrected chi connectivity index (χ1v) is 14.1. The Labute approximate surface area is 215 Å². The van der Waals surface area contributed by atoms with Gasteiger partial charge in [0.05, 0.1) is 6.04 Å². The summed E-state index contributed by atoms with van der Waals surface area (Å²) in [6.07, 6.45) is 22.9. The molecule has 0 spiro atoms. The van der Waals surface area contributed by atoms with Gasteiger partial charge in [0.2, 0.25) is 0 Å². The predicted molar refractivity (Wildman–Crippen MR) is 158 cm³/mol. The Hall–Kier alpha value is -1.37. The van der Waals surface area contributed by atoms with Crippen molar-refractivity contribution in [1.82, 2.24) is 0 Å². The lowest BCUT2D eigenvalue weighted by Crippen LogP contribution is -2.15. The minimum atomic E-state index is 0.125. The van der Waals surface area contributed by atoms with Crippen LogP contribution in [0.5, 0.6) is 0 Å². The summed E-state index contributed by atoms with van der Waals surface area (Å²) in [6.45, 7) is 30.0. The lowest BCUT2D eigenvalue weighted by atomic mass is 9.86. The van der Waals surface area contributed by atoms with Crippen molar-refractivity contribution in [2.24, 2.45) is 15.8 Å². The molecule has 0 saturated carbocycles. The van der Waals surface area contributed by atoms with Crippen LogP contribution in [0, 0.1) is 10.8 Å². The van der Waals surface area contributed by atoms with Crippen LogP contribution in [0.15, 0.2) is 54.1 Å². The minimum Gasteiger partial charge on any atom is -0.290 e. The van der Waals surface area contributed by atoms with Gasteiger partial charge in [-0.1, -0.05) is 116 Å². The summed E-state index contributed by atoms with van der Waals surface area (Å²) in [6, 6.07) is 0.229. The van der Waals surface area contributed by atoms with Crippen LogP contribution in [0.1, 0.15) is 138 Å². The molecule has 34 heavy (non-hydrogen) atoms. The Morgan fingerprint density at radius 3 is 1.53 bits per heavy atom. The molecule has 0 rings (SSSR count). The molecule has 0 heterocycles. The molecule has 0 fully saturated rings. The minimum absolute atomic E-state index is 0.125. The number of nitrogens with zero attached hydrogens (tertiary/aromatic N) is 1. The van der Waals surface area contributed by atoms with Gasteiger partial charge in [-0.3, -0.25) is 4.99 Å². The molecule has 0 aliphatic rings. The van der Waals surface area contributed by atoms with Crippen molar-refractivity contribution in [3.05, 3.63) is 49.1 Å². The summed E-state index contributed by atoms with van der Waals surface area (Å²) in [5, 5.41) is 0. The van der Waals surface area contributed by atoms with Crippen molar-refractivity contribution in [3.8, 4) is 0 Å². The van der Waals surface area contributed by atoms with E-state index in [0.29, 0.717) is 0 Å². The molecule has 0 amide bonds. The van der Waals surface area contributed by atoms with Crippen LogP contribution in [0.25, 0.3) is 0 Å². The van der Waals surface area contributed by atoms with E-state index in [0.717, 1.165) is 25.7 Å². The van der Waals surface area contributed by atoms with Crippen LogP contribution in [0.4, 0.5) is 0 Å². The largest absolute Gasteiger partial charge is 0.290 e. The van der Waals surface area contributed by atoms with E-state index in [2.05, 4.69) is 80.1 Å². The smallest absolute Gasteiger partial charge is 0.0674 e. The van der Waals surface area contributed by atoms with Crippen molar-refractivity contribution in [3.63, 3.8) is 0 Å². The molecular formula is C33H59N. The van der Waals surface area contributed by atoms with Gasteiger partial charge in [-0.2, -0.15) is 0 Å². The molecule has 0 bridgehead atoms. The lowest BCUT2D eigenvalue weighted by molar-refractivity contribution is 0.434. The van der Waals surface area contributed by atoms with Crippen LogP contribution in [0.2, 0.25) is 0 Å². The monoisotopic (exact) mass is 469 g/mol.